The fourth-order valence-corrected chi connectivity index (χ4v) is 4.25. The Morgan fingerprint density at radius 2 is 1.85 bits per heavy atom. The Balaban J connectivity index is 2.12. The van der Waals surface area contributed by atoms with Gasteiger partial charge in [-0.15, -0.1) is 11.8 Å². The highest BCUT2D eigenvalue weighted by atomic mass is 35.5. The van der Waals surface area contributed by atoms with Crippen LogP contribution in [0.5, 0.6) is 0 Å². The number of halogens is 2. The van der Waals surface area contributed by atoms with Gasteiger partial charge >= 0.3 is 0 Å². The number of thioether (sulfide) groups is 1. The number of nitrogens with zero attached hydrogens (tertiary/aromatic N) is 1. The number of rotatable bonds is 6. The lowest BCUT2D eigenvalue weighted by atomic mass is 10.2. The average molecular weight is 433 g/mol. The molecule has 0 fully saturated rings. The van der Waals surface area contributed by atoms with Crippen LogP contribution in [-0.2, 0) is 14.8 Å². The third kappa shape index (κ3) is 5.14. The average Bonchev–Trinajstić information content (AvgIpc) is 2.57. The van der Waals surface area contributed by atoms with Gasteiger partial charge < -0.3 is 5.32 Å². The van der Waals surface area contributed by atoms with Gasteiger partial charge in [0.2, 0.25) is 15.9 Å². The van der Waals surface area contributed by atoms with E-state index in [4.69, 9.17) is 23.2 Å². The largest absolute Gasteiger partial charge is 0.325 e. The van der Waals surface area contributed by atoms with E-state index in [2.05, 4.69) is 5.32 Å². The summed E-state index contributed by atoms with van der Waals surface area (Å²) >= 11 is 13.3. The number of anilines is 1. The third-order valence-electron chi connectivity index (χ3n) is 3.51. The highest BCUT2D eigenvalue weighted by Crippen LogP contribution is 2.30. The molecular weight excluding hydrogens is 415 g/mol. The summed E-state index contributed by atoms with van der Waals surface area (Å²) in [6.07, 6.45) is 0. The zero-order valence-corrected chi connectivity index (χ0v) is 17.6. The first-order chi connectivity index (χ1) is 12.1. The number of nitrogens with one attached hydrogen (secondary N) is 1. The maximum absolute atomic E-state index is 12.3. The van der Waals surface area contributed by atoms with Crippen LogP contribution in [0.4, 0.5) is 5.69 Å². The lowest BCUT2D eigenvalue weighted by Gasteiger charge is -2.14. The van der Waals surface area contributed by atoms with Gasteiger partial charge in [-0.1, -0.05) is 29.3 Å². The Bertz CT molecular complexity index is 932. The summed E-state index contributed by atoms with van der Waals surface area (Å²) in [5.41, 5.74) is 1.22. The van der Waals surface area contributed by atoms with Crippen LogP contribution in [0.25, 0.3) is 0 Å². The van der Waals surface area contributed by atoms with Gasteiger partial charge in [-0.2, -0.15) is 0 Å². The smallest absolute Gasteiger partial charge is 0.242 e. The first kappa shape index (κ1) is 21.1. The summed E-state index contributed by atoms with van der Waals surface area (Å²) in [5, 5.41) is 3.80. The van der Waals surface area contributed by atoms with Gasteiger partial charge in [0.25, 0.3) is 0 Å². The maximum atomic E-state index is 12.3. The zero-order valence-electron chi connectivity index (χ0n) is 14.4. The minimum Gasteiger partial charge on any atom is -0.325 e. The summed E-state index contributed by atoms with van der Waals surface area (Å²) in [6.45, 7) is 1.79. The van der Waals surface area contributed by atoms with Crippen LogP contribution in [0, 0.1) is 6.92 Å². The first-order valence-corrected chi connectivity index (χ1v) is 10.7. The van der Waals surface area contributed by atoms with Crippen LogP contribution in [0.1, 0.15) is 5.56 Å². The normalized spacial score (nSPS) is 11.6. The number of sulfonamides is 1. The van der Waals surface area contributed by atoms with Crippen molar-refractivity contribution in [3.63, 3.8) is 0 Å². The van der Waals surface area contributed by atoms with E-state index in [-0.39, 0.29) is 16.6 Å². The minimum atomic E-state index is -3.57. The molecule has 0 unspecified atom stereocenters. The molecule has 0 atom stereocenters. The molecule has 2 rings (SSSR count). The molecule has 5 nitrogen and oxygen atoms in total. The molecule has 0 heterocycles. The van der Waals surface area contributed by atoms with Gasteiger partial charge in [-0.25, -0.2) is 12.7 Å². The van der Waals surface area contributed by atoms with Crippen LogP contribution in [0.2, 0.25) is 10.0 Å². The Hall–Kier alpha value is -1.25. The Morgan fingerprint density at radius 3 is 2.50 bits per heavy atom. The van der Waals surface area contributed by atoms with Gasteiger partial charge in [0.15, 0.2) is 0 Å². The third-order valence-corrected chi connectivity index (χ3v) is 7.06. The summed E-state index contributed by atoms with van der Waals surface area (Å²) < 4.78 is 25.6. The molecule has 9 heteroatoms. The van der Waals surface area contributed by atoms with Crippen LogP contribution in [-0.4, -0.2) is 38.5 Å². The molecule has 0 saturated heterocycles. The van der Waals surface area contributed by atoms with Crippen LogP contribution >= 0.6 is 35.0 Å². The first-order valence-electron chi connectivity index (χ1n) is 7.52. The summed E-state index contributed by atoms with van der Waals surface area (Å²) in [7, 11) is -0.659. The van der Waals surface area contributed by atoms with E-state index in [0.717, 1.165) is 9.87 Å². The molecule has 140 valence electrons. The highest BCUT2D eigenvalue weighted by Gasteiger charge is 2.18. The van der Waals surface area contributed by atoms with Gasteiger partial charge in [-0.3, -0.25) is 4.79 Å². The molecule has 1 amide bonds. The summed E-state index contributed by atoms with van der Waals surface area (Å²) in [5.74, 6) is -0.155. The van der Waals surface area contributed by atoms with E-state index in [0.29, 0.717) is 20.6 Å². The van der Waals surface area contributed by atoms with E-state index in [1.165, 1.54) is 38.0 Å². The van der Waals surface area contributed by atoms with Gasteiger partial charge in [0.05, 0.1) is 15.7 Å². The van der Waals surface area contributed by atoms with Crippen molar-refractivity contribution < 1.29 is 13.2 Å². The van der Waals surface area contributed by atoms with Crippen molar-refractivity contribution in [1.29, 1.82) is 0 Å². The topological polar surface area (TPSA) is 66.5 Å². The molecule has 0 aliphatic heterocycles. The lowest BCUT2D eigenvalue weighted by Crippen LogP contribution is -2.22. The van der Waals surface area contributed by atoms with Crippen molar-refractivity contribution in [2.24, 2.45) is 0 Å². The molecule has 1 N–H and O–H groups in total. The minimum absolute atomic E-state index is 0.115. The molecule has 0 aromatic heterocycles. The second-order valence-electron chi connectivity index (χ2n) is 5.68. The predicted octanol–water partition coefficient (Wildman–Crippen LogP) is 4.28. The number of hydrogen-bond donors (Lipinski definition) is 1. The summed E-state index contributed by atoms with van der Waals surface area (Å²) in [4.78, 5) is 13.1. The fraction of sp³-hybridized carbons (Fsp3) is 0.235. The lowest BCUT2D eigenvalue weighted by molar-refractivity contribution is -0.113. The molecule has 0 bridgehead atoms. The van der Waals surface area contributed by atoms with Gasteiger partial charge in [0, 0.05) is 29.7 Å². The van der Waals surface area contributed by atoms with E-state index >= 15 is 0 Å². The van der Waals surface area contributed by atoms with Gasteiger partial charge in [0.1, 0.15) is 0 Å². The van der Waals surface area contributed by atoms with Crippen LogP contribution in [0.3, 0.4) is 0 Å². The maximum Gasteiger partial charge on any atom is 0.242 e. The standard InChI is InChI=1S/C17H18Cl2N2O3S2/c1-11-4-6-13(26(23,24)21(2)3)9-15(11)20-17(22)10-25-16-8-12(18)5-7-14(16)19/h4-9H,10H2,1-3H3,(H,20,22). The molecule has 0 aliphatic carbocycles. The number of amides is 1. The number of carbonyl (C=O) groups excluding carboxylic acids is 1. The monoisotopic (exact) mass is 432 g/mol. The van der Waals surface area contributed by atoms with Crippen molar-refractivity contribution in [1.82, 2.24) is 4.31 Å². The number of aryl methyl sites for hydroxylation is 1. The highest BCUT2D eigenvalue weighted by molar-refractivity contribution is 8.00. The molecule has 0 saturated carbocycles. The second kappa shape index (κ2) is 8.63. The van der Waals surface area contributed by atoms with Crippen LogP contribution in [0.15, 0.2) is 46.2 Å². The Morgan fingerprint density at radius 1 is 1.15 bits per heavy atom. The van der Waals surface area contributed by atoms with Crippen LogP contribution < -0.4 is 5.32 Å². The van der Waals surface area contributed by atoms with E-state index in [9.17, 15) is 13.2 Å². The quantitative estimate of drug-likeness (QED) is 0.691. The van der Waals surface area contributed by atoms with E-state index < -0.39 is 10.0 Å². The van der Waals surface area contributed by atoms with Crippen molar-refractivity contribution in [2.45, 2.75) is 16.7 Å². The molecular formula is C17H18Cl2N2O3S2. The molecule has 0 aliphatic rings. The number of hydrogen-bond acceptors (Lipinski definition) is 4. The Kier molecular flexibility index (Phi) is 6.99. The fourth-order valence-electron chi connectivity index (χ4n) is 2.02. The predicted molar refractivity (Wildman–Crippen MR) is 108 cm³/mol. The number of carbonyl (C=O) groups is 1. The van der Waals surface area contributed by atoms with Gasteiger partial charge in [-0.05, 0) is 42.8 Å². The van der Waals surface area contributed by atoms with Crippen molar-refractivity contribution >= 4 is 56.6 Å². The van der Waals surface area contributed by atoms with E-state index in [1.807, 2.05) is 0 Å². The molecule has 2 aromatic carbocycles. The van der Waals surface area contributed by atoms with E-state index in [1.54, 1.807) is 31.2 Å². The van der Waals surface area contributed by atoms with Crippen molar-refractivity contribution in [3.05, 3.63) is 52.0 Å². The Labute approximate surface area is 167 Å². The SMILES string of the molecule is Cc1ccc(S(=O)(=O)N(C)C)cc1NC(=O)CSc1cc(Cl)ccc1Cl. The summed E-state index contributed by atoms with van der Waals surface area (Å²) in [6, 6.07) is 9.67. The van der Waals surface area contributed by atoms with Crippen molar-refractivity contribution in [3.8, 4) is 0 Å². The molecule has 0 radical (unpaired) electrons. The van der Waals surface area contributed by atoms with Crippen molar-refractivity contribution in [2.75, 3.05) is 25.2 Å². The second-order valence-corrected chi connectivity index (χ2v) is 9.69. The molecule has 0 spiro atoms. The number of benzene rings is 2. The molecule has 2 aromatic rings. The zero-order chi connectivity index (χ0) is 19.5. The molecule has 26 heavy (non-hydrogen) atoms.